The second kappa shape index (κ2) is 9.33. The summed E-state index contributed by atoms with van der Waals surface area (Å²) < 4.78 is 36.9. The first-order valence-electron chi connectivity index (χ1n) is 10.9. The molecule has 3 aromatic carbocycles. The van der Waals surface area contributed by atoms with E-state index in [4.69, 9.17) is 9.54 Å². The Hall–Kier alpha value is -4.41. The molecule has 0 fully saturated rings. The van der Waals surface area contributed by atoms with Crippen LogP contribution >= 0.6 is 0 Å². The number of aromatic hydroxyl groups is 2. The summed E-state index contributed by atoms with van der Waals surface area (Å²) in [6, 6.07) is 22.5. The Morgan fingerprint density at radius 3 is 2.08 bits per heavy atom. The first kappa shape index (κ1) is 23.3. The zero-order valence-corrected chi connectivity index (χ0v) is 19.6. The number of fused-ring (bicyclic) bond motifs is 1. The predicted molar refractivity (Wildman–Crippen MR) is 132 cm³/mol. The van der Waals surface area contributed by atoms with Crippen molar-refractivity contribution in [3.05, 3.63) is 108 Å². The molecular weight excluding hydrogens is 482 g/mol. The van der Waals surface area contributed by atoms with Crippen LogP contribution in [-0.4, -0.2) is 37.6 Å². The topological polar surface area (TPSA) is 134 Å². The lowest BCUT2D eigenvalue weighted by atomic mass is 10.1. The van der Waals surface area contributed by atoms with Crippen LogP contribution in [0.15, 0.2) is 85.1 Å². The normalized spacial score (nSPS) is 11.6. The summed E-state index contributed by atoms with van der Waals surface area (Å²) >= 11 is 0. The average molecular weight is 504 g/mol. The van der Waals surface area contributed by atoms with E-state index in [1.54, 1.807) is 47.0 Å². The van der Waals surface area contributed by atoms with Gasteiger partial charge in [0.15, 0.2) is 5.65 Å². The van der Waals surface area contributed by atoms with Crippen molar-refractivity contribution < 1.29 is 27.4 Å². The van der Waals surface area contributed by atoms with Crippen LogP contribution in [0.25, 0.3) is 16.9 Å². The van der Waals surface area contributed by atoms with Gasteiger partial charge < -0.3 is 14.4 Å². The fourth-order valence-electron chi connectivity index (χ4n) is 3.92. The van der Waals surface area contributed by atoms with Gasteiger partial charge in [-0.3, -0.25) is 8.95 Å². The molecule has 0 aliphatic carbocycles. The Morgan fingerprint density at radius 2 is 1.42 bits per heavy atom. The number of rotatable bonds is 7. The van der Waals surface area contributed by atoms with Crippen molar-refractivity contribution >= 4 is 16.0 Å². The van der Waals surface area contributed by atoms with Gasteiger partial charge in [0.25, 0.3) is 0 Å². The van der Waals surface area contributed by atoms with E-state index in [9.17, 15) is 18.6 Å². The van der Waals surface area contributed by atoms with Gasteiger partial charge in [0.05, 0.1) is 11.4 Å². The molecule has 0 radical (unpaired) electrons. The molecule has 36 heavy (non-hydrogen) atoms. The molecule has 9 nitrogen and oxygen atoms in total. The third kappa shape index (κ3) is 5.14. The maximum atomic E-state index is 11.0. The molecule has 2 aromatic heterocycles. The lowest BCUT2D eigenvalue weighted by Crippen LogP contribution is -2.06. The molecule has 0 atom stereocenters. The van der Waals surface area contributed by atoms with Gasteiger partial charge in [0, 0.05) is 24.6 Å². The average Bonchev–Trinajstić information content (AvgIpc) is 3.16. The second-order valence-corrected chi connectivity index (χ2v) is 9.21. The number of imidazole rings is 1. The largest absolute Gasteiger partial charge is 0.508 e. The summed E-state index contributed by atoms with van der Waals surface area (Å²) in [7, 11) is -4.63. The van der Waals surface area contributed by atoms with Crippen LogP contribution in [0.5, 0.6) is 17.4 Å². The van der Waals surface area contributed by atoms with Crippen LogP contribution < -0.4 is 4.18 Å². The molecule has 0 saturated carbocycles. The monoisotopic (exact) mass is 503 g/mol. The lowest BCUT2D eigenvalue weighted by Gasteiger charge is -2.09. The summed E-state index contributed by atoms with van der Waals surface area (Å²) in [4.78, 5) is 9.50. The molecule has 0 saturated heterocycles. The minimum absolute atomic E-state index is 0.0256. The number of nitrogens with zero attached hydrogens (tertiary/aromatic N) is 3. The van der Waals surface area contributed by atoms with E-state index in [1.165, 1.54) is 12.1 Å². The molecule has 0 aliphatic rings. The van der Waals surface area contributed by atoms with Gasteiger partial charge in [0.2, 0.25) is 5.88 Å². The molecule has 5 aromatic rings. The number of hydrogen-bond acceptors (Lipinski definition) is 7. The van der Waals surface area contributed by atoms with Crippen molar-refractivity contribution in [1.29, 1.82) is 0 Å². The van der Waals surface area contributed by atoms with E-state index in [0.29, 0.717) is 41.1 Å². The van der Waals surface area contributed by atoms with E-state index in [0.717, 1.165) is 11.1 Å². The molecule has 0 bridgehead atoms. The fourth-order valence-corrected chi connectivity index (χ4v) is 4.27. The Balaban J connectivity index is 1.59. The van der Waals surface area contributed by atoms with E-state index >= 15 is 0 Å². The summed E-state index contributed by atoms with van der Waals surface area (Å²) in [5.41, 5.74) is 4.68. The summed E-state index contributed by atoms with van der Waals surface area (Å²) in [6.45, 7) is 0. The van der Waals surface area contributed by atoms with Crippen LogP contribution in [-0.2, 0) is 23.2 Å². The molecule has 5 rings (SSSR count). The zero-order chi connectivity index (χ0) is 25.3. The van der Waals surface area contributed by atoms with E-state index in [1.807, 2.05) is 30.3 Å². The lowest BCUT2D eigenvalue weighted by molar-refractivity contribution is 0.387. The number of aromatic nitrogens is 3. The Labute approximate surface area is 206 Å². The first-order chi connectivity index (χ1) is 17.2. The Kier molecular flexibility index (Phi) is 6.05. The second-order valence-electron chi connectivity index (χ2n) is 8.19. The molecule has 0 unspecified atom stereocenters. The quantitative estimate of drug-likeness (QED) is 0.282. The summed E-state index contributed by atoms with van der Waals surface area (Å²) in [5.74, 6) is 0.0841. The molecule has 0 spiro atoms. The molecule has 0 aliphatic heterocycles. The van der Waals surface area contributed by atoms with E-state index in [2.05, 4.69) is 9.17 Å². The number of phenols is 1. The van der Waals surface area contributed by atoms with Gasteiger partial charge in [0.1, 0.15) is 17.2 Å². The smallest absolute Gasteiger partial charge is 0.446 e. The van der Waals surface area contributed by atoms with Crippen LogP contribution in [0.2, 0.25) is 0 Å². The zero-order valence-electron chi connectivity index (χ0n) is 18.8. The maximum Gasteiger partial charge on any atom is 0.446 e. The highest BCUT2D eigenvalue weighted by Crippen LogP contribution is 2.29. The highest BCUT2D eigenvalue weighted by atomic mass is 32.3. The van der Waals surface area contributed by atoms with Gasteiger partial charge in [-0.2, -0.15) is 8.42 Å². The third-order valence-electron chi connectivity index (χ3n) is 5.59. The molecular formula is C26H21N3O6S. The molecule has 182 valence electrons. The van der Waals surface area contributed by atoms with Crippen LogP contribution in [0.4, 0.5) is 0 Å². The summed E-state index contributed by atoms with van der Waals surface area (Å²) in [6.07, 6.45) is 2.48. The van der Waals surface area contributed by atoms with Crippen molar-refractivity contribution in [3.8, 4) is 28.6 Å². The van der Waals surface area contributed by atoms with Crippen LogP contribution in [0.3, 0.4) is 0 Å². The first-order valence-corrected chi connectivity index (χ1v) is 12.3. The molecule has 0 amide bonds. The van der Waals surface area contributed by atoms with Gasteiger partial charge >= 0.3 is 10.4 Å². The fraction of sp³-hybridized carbons (Fsp3) is 0.0769. The van der Waals surface area contributed by atoms with Crippen molar-refractivity contribution in [2.75, 3.05) is 0 Å². The highest BCUT2D eigenvalue weighted by Gasteiger charge is 2.18. The van der Waals surface area contributed by atoms with Crippen LogP contribution in [0.1, 0.15) is 22.5 Å². The van der Waals surface area contributed by atoms with Crippen molar-refractivity contribution in [2.24, 2.45) is 0 Å². The van der Waals surface area contributed by atoms with Gasteiger partial charge in [-0.25, -0.2) is 9.97 Å². The summed E-state index contributed by atoms with van der Waals surface area (Å²) in [5, 5.41) is 20.6. The van der Waals surface area contributed by atoms with Gasteiger partial charge in [-0.05, 0) is 47.5 Å². The van der Waals surface area contributed by atoms with E-state index < -0.39 is 10.4 Å². The van der Waals surface area contributed by atoms with Crippen molar-refractivity contribution in [2.45, 2.75) is 12.8 Å². The minimum atomic E-state index is -4.63. The third-order valence-corrected chi connectivity index (χ3v) is 6.00. The Bertz CT molecular complexity index is 1630. The van der Waals surface area contributed by atoms with Crippen molar-refractivity contribution in [1.82, 2.24) is 14.4 Å². The molecule has 10 heteroatoms. The predicted octanol–water partition coefficient (Wildman–Crippen LogP) is 4.17. The van der Waals surface area contributed by atoms with Gasteiger partial charge in [-0.1, -0.05) is 42.5 Å². The number of hydrogen-bond donors (Lipinski definition) is 3. The SMILES string of the molecule is O=S(=O)(O)Oc1ccc(-c2cn3c(O)c(Cc4ccc(O)cc4)nc3c(Cc3ccccc3)n2)cc1. The molecule has 3 N–H and O–H groups in total. The Morgan fingerprint density at radius 1 is 0.778 bits per heavy atom. The van der Waals surface area contributed by atoms with Crippen molar-refractivity contribution in [3.63, 3.8) is 0 Å². The van der Waals surface area contributed by atoms with Crippen LogP contribution in [0, 0.1) is 0 Å². The van der Waals surface area contributed by atoms with E-state index in [-0.39, 0.29) is 17.4 Å². The highest BCUT2D eigenvalue weighted by molar-refractivity contribution is 7.81. The number of benzene rings is 3. The van der Waals surface area contributed by atoms with Gasteiger partial charge in [-0.15, -0.1) is 0 Å². The maximum absolute atomic E-state index is 11.0. The standard InChI is InChI=1S/C26H21N3O6S/c30-20-10-6-18(7-11-20)15-23-26(31)29-16-24(19-8-12-21(13-9-19)35-36(32,33)34)27-22(25(29)28-23)14-17-4-2-1-3-5-17/h1-13,16,30-31H,14-15H2,(H,32,33,34). The number of phenolic OH excluding ortho intramolecular Hbond substituents is 1. The minimum Gasteiger partial charge on any atom is -0.508 e. The molecule has 2 heterocycles.